The quantitative estimate of drug-likeness (QED) is 0.742. The molecule has 17 heavy (non-hydrogen) atoms. The van der Waals surface area contributed by atoms with E-state index < -0.39 is 0 Å². The largest absolute Gasteiger partial charge is 0.309 e. The molecule has 0 aromatic rings. The molecular weight excluding hydrogens is 208 g/mol. The highest BCUT2D eigenvalue weighted by molar-refractivity contribution is 4.93. The molecule has 0 aromatic heterocycles. The zero-order valence-corrected chi connectivity index (χ0v) is 11.3. The summed E-state index contributed by atoms with van der Waals surface area (Å²) in [6.07, 6.45) is 10.1. The lowest BCUT2D eigenvalue weighted by atomic mass is 9.82. The van der Waals surface area contributed by atoms with Gasteiger partial charge in [-0.1, -0.05) is 26.2 Å². The van der Waals surface area contributed by atoms with Crippen LogP contribution in [0.1, 0.15) is 51.9 Å². The zero-order chi connectivity index (χ0) is 11.7. The molecule has 1 aliphatic carbocycles. The fourth-order valence-electron chi connectivity index (χ4n) is 4.17. The summed E-state index contributed by atoms with van der Waals surface area (Å²) in [5, 5.41) is 4.04. The first-order valence-electron chi connectivity index (χ1n) is 7.81. The van der Waals surface area contributed by atoms with Crippen LogP contribution in [0.4, 0.5) is 0 Å². The van der Waals surface area contributed by atoms with Crippen molar-refractivity contribution in [1.82, 2.24) is 10.2 Å². The van der Waals surface area contributed by atoms with Crippen LogP contribution in [0.15, 0.2) is 0 Å². The maximum atomic E-state index is 4.04. The van der Waals surface area contributed by atoms with Crippen LogP contribution in [0.3, 0.4) is 0 Å². The van der Waals surface area contributed by atoms with Crippen LogP contribution in [0.2, 0.25) is 0 Å². The van der Waals surface area contributed by atoms with E-state index in [1.807, 2.05) is 0 Å². The van der Waals surface area contributed by atoms with Gasteiger partial charge in [0.1, 0.15) is 0 Å². The molecule has 1 saturated carbocycles. The molecule has 0 amide bonds. The highest BCUT2D eigenvalue weighted by Crippen LogP contribution is 2.30. The average Bonchev–Trinajstić information content (AvgIpc) is 2.57. The van der Waals surface area contributed by atoms with Gasteiger partial charge in [0.2, 0.25) is 0 Å². The van der Waals surface area contributed by atoms with Crippen LogP contribution in [0.25, 0.3) is 0 Å². The predicted molar refractivity (Wildman–Crippen MR) is 72.1 cm³/mol. The Hall–Kier alpha value is -0.0800. The lowest BCUT2D eigenvalue weighted by Gasteiger charge is -2.46. The van der Waals surface area contributed by atoms with Crippen molar-refractivity contribution in [1.29, 1.82) is 0 Å². The molecule has 2 nitrogen and oxygen atoms in total. The van der Waals surface area contributed by atoms with Crippen molar-refractivity contribution < 1.29 is 0 Å². The van der Waals surface area contributed by atoms with Crippen molar-refractivity contribution in [2.24, 2.45) is 11.8 Å². The molecule has 1 N–H and O–H groups in total. The van der Waals surface area contributed by atoms with E-state index in [1.165, 1.54) is 64.6 Å². The van der Waals surface area contributed by atoms with Gasteiger partial charge in [0.25, 0.3) is 0 Å². The number of hydrogen-bond donors (Lipinski definition) is 1. The highest BCUT2D eigenvalue weighted by Gasteiger charge is 2.35. The fourth-order valence-corrected chi connectivity index (χ4v) is 4.17. The van der Waals surface area contributed by atoms with Crippen LogP contribution in [-0.4, -0.2) is 36.6 Å². The molecule has 4 rings (SSSR count). The predicted octanol–water partition coefficient (Wildman–Crippen LogP) is 2.64. The van der Waals surface area contributed by atoms with E-state index in [2.05, 4.69) is 17.1 Å². The standard InChI is InChI=1S/C15H28N2/c1-12-5-3-2-4-6-14(12)16-15-11-17-9-7-13(15)8-10-17/h12-16H,2-11H2,1H3. The van der Waals surface area contributed by atoms with Crippen LogP contribution >= 0.6 is 0 Å². The lowest BCUT2D eigenvalue weighted by Crippen LogP contribution is -2.58. The third kappa shape index (κ3) is 2.68. The van der Waals surface area contributed by atoms with E-state index in [0.717, 1.165) is 23.9 Å². The Morgan fingerprint density at radius 2 is 1.65 bits per heavy atom. The summed E-state index contributed by atoms with van der Waals surface area (Å²) in [5.41, 5.74) is 0. The number of nitrogens with zero attached hydrogens (tertiary/aromatic N) is 1. The fraction of sp³-hybridized carbons (Fsp3) is 1.00. The second-order valence-corrected chi connectivity index (χ2v) is 6.63. The van der Waals surface area contributed by atoms with Gasteiger partial charge in [-0.2, -0.15) is 0 Å². The summed E-state index contributed by atoms with van der Waals surface area (Å²) >= 11 is 0. The first kappa shape index (κ1) is 12.0. The van der Waals surface area contributed by atoms with E-state index in [4.69, 9.17) is 0 Å². The minimum Gasteiger partial charge on any atom is -0.309 e. The number of rotatable bonds is 2. The molecule has 2 bridgehead atoms. The van der Waals surface area contributed by atoms with Gasteiger partial charge in [-0.25, -0.2) is 0 Å². The third-order valence-corrected chi connectivity index (χ3v) is 5.45. The number of nitrogens with one attached hydrogen (secondary N) is 1. The van der Waals surface area contributed by atoms with Gasteiger partial charge in [-0.05, 0) is 50.6 Å². The Morgan fingerprint density at radius 3 is 2.35 bits per heavy atom. The maximum Gasteiger partial charge on any atom is 0.0226 e. The SMILES string of the molecule is CC1CCCCCC1NC1CN2CCC1CC2. The maximum absolute atomic E-state index is 4.04. The molecule has 98 valence electrons. The van der Waals surface area contributed by atoms with Crippen LogP contribution in [-0.2, 0) is 0 Å². The minimum absolute atomic E-state index is 0.808. The molecule has 4 fully saturated rings. The molecule has 4 aliphatic rings. The zero-order valence-electron chi connectivity index (χ0n) is 11.3. The average molecular weight is 236 g/mol. The molecule has 0 radical (unpaired) electrons. The van der Waals surface area contributed by atoms with E-state index >= 15 is 0 Å². The third-order valence-electron chi connectivity index (χ3n) is 5.45. The Kier molecular flexibility index (Phi) is 3.72. The molecule has 3 heterocycles. The van der Waals surface area contributed by atoms with Crippen molar-refractivity contribution in [2.75, 3.05) is 19.6 Å². The summed E-state index contributed by atoms with van der Waals surface area (Å²) in [5.74, 6) is 1.88. The molecule has 2 heteroatoms. The molecule has 3 saturated heterocycles. The number of hydrogen-bond acceptors (Lipinski definition) is 2. The van der Waals surface area contributed by atoms with Gasteiger partial charge >= 0.3 is 0 Å². The summed E-state index contributed by atoms with van der Waals surface area (Å²) in [6, 6.07) is 1.62. The van der Waals surface area contributed by atoms with Gasteiger partial charge in [-0.15, -0.1) is 0 Å². The Labute approximate surface area is 106 Å². The van der Waals surface area contributed by atoms with Crippen LogP contribution < -0.4 is 5.32 Å². The normalized spacial score (nSPS) is 46.8. The van der Waals surface area contributed by atoms with Crippen molar-refractivity contribution in [3.8, 4) is 0 Å². The first-order valence-corrected chi connectivity index (χ1v) is 7.81. The Bertz CT molecular complexity index is 245. The Morgan fingerprint density at radius 1 is 0.882 bits per heavy atom. The molecular formula is C15H28N2. The highest BCUT2D eigenvalue weighted by atomic mass is 15.2. The van der Waals surface area contributed by atoms with E-state index in [9.17, 15) is 0 Å². The van der Waals surface area contributed by atoms with Gasteiger partial charge in [-0.3, -0.25) is 0 Å². The van der Waals surface area contributed by atoms with Crippen molar-refractivity contribution in [3.63, 3.8) is 0 Å². The van der Waals surface area contributed by atoms with Crippen molar-refractivity contribution >= 4 is 0 Å². The molecule has 0 aromatic carbocycles. The molecule has 3 unspecified atom stereocenters. The second kappa shape index (κ2) is 5.27. The van der Waals surface area contributed by atoms with Crippen molar-refractivity contribution in [2.45, 2.75) is 64.0 Å². The minimum atomic E-state index is 0.808. The molecule has 3 aliphatic heterocycles. The topological polar surface area (TPSA) is 15.3 Å². The van der Waals surface area contributed by atoms with E-state index in [-0.39, 0.29) is 0 Å². The smallest absolute Gasteiger partial charge is 0.0226 e. The Balaban J connectivity index is 1.58. The van der Waals surface area contributed by atoms with Crippen molar-refractivity contribution in [3.05, 3.63) is 0 Å². The summed E-state index contributed by atoms with van der Waals surface area (Å²) in [4.78, 5) is 2.67. The van der Waals surface area contributed by atoms with Crippen LogP contribution in [0, 0.1) is 11.8 Å². The molecule has 0 spiro atoms. The van der Waals surface area contributed by atoms with E-state index in [0.29, 0.717) is 0 Å². The first-order chi connectivity index (χ1) is 8.33. The van der Waals surface area contributed by atoms with Gasteiger partial charge in [0.15, 0.2) is 0 Å². The number of fused-ring (bicyclic) bond motifs is 3. The van der Waals surface area contributed by atoms with Crippen LogP contribution in [0.5, 0.6) is 0 Å². The van der Waals surface area contributed by atoms with Gasteiger partial charge in [0.05, 0.1) is 0 Å². The summed E-state index contributed by atoms with van der Waals surface area (Å²) in [6.45, 7) is 6.52. The van der Waals surface area contributed by atoms with E-state index in [1.54, 1.807) is 0 Å². The number of piperidine rings is 3. The molecule has 3 atom stereocenters. The van der Waals surface area contributed by atoms with Gasteiger partial charge in [0, 0.05) is 18.6 Å². The summed E-state index contributed by atoms with van der Waals surface area (Å²) in [7, 11) is 0. The second-order valence-electron chi connectivity index (χ2n) is 6.63. The lowest BCUT2D eigenvalue weighted by molar-refractivity contribution is 0.0623. The summed E-state index contributed by atoms with van der Waals surface area (Å²) < 4.78 is 0. The monoisotopic (exact) mass is 236 g/mol. The van der Waals surface area contributed by atoms with Gasteiger partial charge < -0.3 is 10.2 Å².